The highest BCUT2D eigenvalue weighted by molar-refractivity contribution is 9.10. The van der Waals surface area contributed by atoms with E-state index in [0.717, 1.165) is 18.4 Å². The van der Waals surface area contributed by atoms with Crippen LogP contribution in [-0.2, 0) is 6.42 Å². The molecule has 2 rings (SSSR count). The molecular formula is C10H8BrNO3. The van der Waals surface area contributed by atoms with Crippen LogP contribution in [0, 0.1) is 10.1 Å². The summed E-state index contributed by atoms with van der Waals surface area (Å²) in [5, 5.41) is 10.6. The number of rotatable bonds is 1. The number of nitro benzene ring substituents is 1. The lowest BCUT2D eigenvalue weighted by atomic mass is 9.90. The maximum Gasteiger partial charge on any atom is 0.270 e. The first-order valence-corrected chi connectivity index (χ1v) is 5.47. The van der Waals surface area contributed by atoms with E-state index in [1.165, 1.54) is 12.1 Å². The summed E-state index contributed by atoms with van der Waals surface area (Å²) in [6.07, 6.45) is 1.54. The van der Waals surface area contributed by atoms with Crippen LogP contribution >= 0.6 is 15.9 Å². The van der Waals surface area contributed by atoms with Crippen LogP contribution in [-0.4, -0.2) is 15.5 Å². The van der Waals surface area contributed by atoms with E-state index in [0.29, 0.717) is 5.56 Å². The number of alkyl halides is 1. The Morgan fingerprint density at radius 1 is 1.47 bits per heavy atom. The van der Waals surface area contributed by atoms with E-state index in [4.69, 9.17) is 0 Å². The standard InChI is InChI=1S/C10H8BrNO3/c11-9-4-2-6-1-3-7(12(14)15)5-8(6)10(9)13/h1,3,5,9H,2,4H2/t9-/m1/s1. The Morgan fingerprint density at radius 2 is 2.20 bits per heavy atom. The van der Waals surface area contributed by atoms with Gasteiger partial charge in [0.2, 0.25) is 0 Å². The Balaban J connectivity index is 2.50. The Labute approximate surface area is 94.6 Å². The molecule has 0 aliphatic heterocycles. The van der Waals surface area contributed by atoms with Gasteiger partial charge >= 0.3 is 0 Å². The zero-order chi connectivity index (χ0) is 11.0. The normalized spacial score (nSPS) is 19.8. The lowest BCUT2D eigenvalue weighted by Gasteiger charge is -2.18. The van der Waals surface area contributed by atoms with Crippen LogP contribution in [0.4, 0.5) is 5.69 Å². The van der Waals surface area contributed by atoms with Gasteiger partial charge in [0.15, 0.2) is 5.78 Å². The van der Waals surface area contributed by atoms with Crippen LogP contribution in [0.1, 0.15) is 22.3 Å². The molecule has 0 heterocycles. The molecule has 0 spiro atoms. The minimum absolute atomic E-state index is 0.0244. The van der Waals surface area contributed by atoms with Gasteiger partial charge in [-0.3, -0.25) is 14.9 Å². The van der Waals surface area contributed by atoms with Gasteiger partial charge in [0, 0.05) is 17.7 Å². The third-order valence-electron chi connectivity index (χ3n) is 2.52. The number of aryl methyl sites for hydroxylation is 1. The number of non-ortho nitro benzene ring substituents is 1. The van der Waals surface area contributed by atoms with Gasteiger partial charge in [-0.1, -0.05) is 22.0 Å². The summed E-state index contributed by atoms with van der Waals surface area (Å²) < 4.78 is 0. The maximum absolute atomic E-state index is 11.7. The quantitative estimate of drug-likeness (QED) is 0.447. The van der Waals surface area contributed by atoms with E-state index >= 15 is 0 Å². The van der Waals surface area contributed by atoms with Gasteiger partial charge in [0.25, 0.3) is 5.69 Å². The van der Waals surface area contributed by atoms with E-state index in [9.17, 15) is 14.9 Å². The van der Waals surface area contributed by atoms with Crippen LogP contribution < -0.4 is 0 Å². The van der Waals surface area contributed by atoms with Crippen molar-refractivity contribution in [3.8, 4) is 0 Å². The second-order valence-electron chi connectivity index (χ2n) is 3.47. The van der Waals surface area contributed by atoms with Crippen molar-refractivity contribution in [3.05, 3.63) is 39.4 Å². The molecule has 1 aromatic carbocycles. The fraction of sp³-hybridized carbons (Fsp3) is 0.300. The van der Waals surface area contributed by atoms with Crippen LogP contribution in [0.15, 0.2) is 18.2 Å². The van der Waals surface area contributed by atoms with Gasteiger partial charge in [-0.2, -0.15) is 0 Å². The summed E-state index contributed by atoms with van der Waals surface area (Å²) in [5.74, 6) is -0.0556. The summed E-state index contributed by atoms with van der Waals surface area (Å²) in [6.45, 7) is 0. The molecule has 1 aromatic rings. The molecule has 15 heavy (non-hydrogen) atoms. The number of hydrogen-bond donors (Lipinski definition) is 0. The summed E-state index contributed by atoms with van der Waals surface area (Å²) >= 11 is 3.27. The summed E-state index contributed by atoms with van der Waals surface area (Å²) in [4.78, 5) is 21.6. The predicted octanol–water partition coefficient (Wildman–Crippen LogP) is 2.49. The molecule has 1 aliphatic carbocycles. The van der Waals surface area contributed by atoms with Gasteiger partial charge in [-0.05, 0) is 18.4 Å². The topological polar surface area (TPSA) is 60.2 Å². The number of halogens is 1. The van der Waals surface area contributed by atoms with E-state index in [2.05, 4.69) is 15.9 Å². The number of nitrogens with zero attached hydrogens (tertiary/aromatic N) is 1. The monoisotopic (exact) mass is 269 g/mol. The van der Waals surface area contributed by atoms with Gasteiger partial charge in [-0.25, -0.2) is 0 Å². The van der Waals surface area contributed by atoms with Crippen LogP contribution in [0.25, 0.3) is 0 Å². The van der Waals surface area contributed by atoms with Gasteiger partial charge in [0.05, 0.1) is 9.75 Å². The van der Waals surface area contributed by atoms with Crippen LogP contribution in [0.3, 0.4) is 0 Å². The molecule has 0 aromatic heterocycles. The highest BCUT2D eigenvalue weighted by Gasteiger charge is 2.26. The van der Waals surface area contributed by atoms with Crippen molar-refractivity contribution in [2.24, 2.45) is 0 Å². The molecule has 0 saturated heterocycles. The SMILES string of the molecule is O=C1c2cc([N+](=O)[O-])ccc2CC[C@H]1Br. The van der Waals surface area contributed by atoms with Crippen molar-refractivity contribution in [2.45, 2.75) is 17.7 Å². The molecular weight excluding hydrogens is 262 g/mol. The third kappa shape index (κ3) is 1.79. The van der Waals surface area contributed by atoms with Crippen molar-refractivity contribution in [3.63, 3.8) is 0 Å². The largest absolute Gasteiger partial charge is 0.293 e. The zero-order valence-corrected chi connectivity index (χ0v) is 9.36. The Kier molecular flexibility index (Phi) is 2.56. The fourth-order valence-corrected chi connectivity index (χ4v) is 2.18. The molecule has 1 aliphatic rings. The van der Waals surface area contributed by atoms with Crippen molar-refractivity contribution in [2.75, 3.05) is 0 Å². The number of hydrogen-bond acceptors (Lipinski definition) is 3. The number of benzene rings is 1. The molecule has 5 heteroatoms. The van der Waals surface area contributed by atoms with Crippen LogP contribution in [0.5, 0.6) is 0 Å². The molecule has 0 unspecified atom stereocenters. The number of carbonyl (C=O) groups is 1. The molecule has 4 nitrogen and oxygen atoms in total. The smallest absolute Gasteiger partial charge is 0.270 e. The molecule has 0 N–H and O–H groups in total. The molecule has 0 saturated carbocycles. The highest BCUT2D eigenvalue weighted by atomic mass is 79.9. The molecule has 0 radical (unpaired) electrons. The molecule has 1 atom stereocenters. The van der Waals surface area contributed by atoms with Gasteiger partial charge < -0.3 is 0 Å². The highest BCUT2D eigenvalue weighted by Crippen LogP contribution is 2.28. The van der Waals surface area contributed by atoms with Crippen LogP contribution in [0.2, 0.25) is 0 Å². The first kappa shape index (κ1) is 10.3. The Hall–Kier alpha value is -1.23. The van der Waals surface area contributed by atoms with Gasteiger partial charge in [-0.15, -0.1) is 0 Å². The zero-order valence-electron chi connectivity index (χ0n) is 7.77. The second-order valence-corrected chi connectivity index (χ2v) is 4.57. The summed E-state index contributed by atoms with van der Waals surface area (Å²) in [7, 11) is 0. The molecule has 78 valence electrons. The first-order chi connectivity index (χ1) is 7.09. The first-order valence-electron chi connectivity index (χ1n) is 4.55. The van der Waals surface area contributed by atoms with E-state index < -0.39 is 4.92 Å². The minimum Gasteiger partial charge on any atom is -0.293 e. The maximum atomic E-state index is 11.7. The average Bonchev–Trinajstić information content (AvgIpc) is 2.23. The van der Waals surface area contributed by atoms with E-state index in [1.54, 1.807) is 6.07 Å². The Morgan fingerprint density at radius 3 is 2.87 bits per heavy atom. The summed E-state index contributed by atoms with van der Waals surface area (Å²) in [6, 6.07) is 4.48. The lowest BCUT2D eigenvalue weighted by molar-refractivity contribution is -0.384. The van der Waals surface area contributed by atoms with E-state index in [-0.39, 0.29) is 16.3 Å². The van der Waals surface area contributed by atoms with Crippen molar-refractivity contribution >= 4 is 27.4 Å². The average molecular weight is 270 g/mol. The van der Waals surface area contributed by atoms with Crippen molar-refractivity contribution in [1.82, 2.24) is 0 Å². The summed E-state index contributed by atoms with van der Waals surface area (Å²) in [5.41, 5.74) is 1.36. The van der Waals surface area contributed by atoms with E-state index in [1.807, 2.05) is 0 Å². The Bertz CT molecular complexity index is 444. The molecule has 0 amide bonds. The number of carbonyl (C=O) groups excluding carboxylic acids is 1. The minimum atomic E-state index is -0.481. The lowest BCUT2D eigenvalue weighted by Crippen LogP contribution is -2.22. The number of Topliss-reactive ketones (excluding diaryl/α,β-unsaturated/α-hetero) is 1. The number of fused-ring (bicyclic) bond motifs is 1. The van der Waals surface area contributed by atoms with Crippen molar-refractivity contribution < 1.29 is 9.72 Å². The third-order valence-corrected chi connectivity index (χ3v) is 3.40. The predicted molar refractivity (Wildman–Crippen MR) is 58.5 cm³/mol. The number of nitro groups is 1. The van der Waals surface area contributed by atoms with Crippen molar-refractivity contribution in [1.29, 1.82) is 0 Å². The number of ketones is 1. The fourth-order valence-electron chi connectivity index (χ4n) is 1.71. The molecule has 0 fully saturated rings. The van der Waals surface area contributed by atoms with Gasteiger partial charge in [0.1, 0.15) is 0 Å². The second kappa shape index (κ2) is 3.73. The molecule has 0 bridgehead atoms.